The number of esters is 1. The van der Waals surface area contributed by atoms with E-state index >= 15 is 0 Å². The lowest BCUT2D eigenvalue weighted by Gasteiger charge is -2.35. The highest BCUT2D eigenvalue weighted by molar-refractivity contribution is 5.81. The molecule has 2 fully saturated rings. The lowest BCUT2D eigenvalue weighted by Crippen LogP contribution is -2.48. The van der Waals surface area contributed by atoms with E-state index < -0.39 is 0 Å². The molecule has 2 aliphatic rings. The van der Waals surface area contributed by atoms with Gasteiger partial charge in [0.15, 0.2) is 5.96 Å². The van der Waals surface area contributed by atoms with E-state index in [9.17, 15) is 4.79 Å². The number of methoxy groups -OCH3 is 1. The van der Waals surface area contributed by atoms with Crippen LogP contribution >= 0.6 is 0 Å². The first-order valence-electron chi connectivity index (χ1n) is 10.6. The third-order valence-corrected chi connectivity index (χ3v) is 5.49. The van der Waals surface area contributed by atoms with Gasteiger partial charge in [-0.1, -0.05) is 0 Å². The fourth-order valence-electron chi connectivity index (χ4n) is 3.88. The molecule has 0 radical (unpaired) electrons. The molecular formula is C20H38N4O3. The second kappa shape index (κ2) is 12.2. The van der Waals surface area contributed by atoms with Gasteiger partial charge in [-0.05, 0) is 58.5 Å². The Labute approximate surface area is 164 Å². The summed E-state index contributed by atoms with van der Waals surface area (Å²) in [6, 6.07) is 0. The molecule has 7 heteroatoms. The van der Waals surface area contributed by atoms with Crippen LogP contribution in [0.1, 0.15) is 39.5 Å². The number of hydrogen-bond donors (Lipinski definition) is 1. The van der Waals surface area contributed by atoms with Gasteiger partial charge in [-0.25, -0.2) is 0 Å². The van der Waals surface area contributed by atoms with Crippen LogP contribution in [0.3, 0.4) is 0 Å². The van der Waals surface area contributed by atoms with Gasteiger partial charge in [-0.3, -0.25) is 9.79 Å². The van der Waals surface area contributed by atoms with Gasteiger partial charge in [0.1, 0.15) is 0 Å². The first kappa shape index (κ1) is 22.0. The summed E-state index contributed by atoms with van der Waals surface area (Å²) in [7, 11) is 1.76. The van der Waals surface area contributed by atoms with Crippen molar-refractivity contribution in [3.05, 3.63) is 0 Å². The summed E-state index contributed by atoms with van der Waals surface area (Å²) in [4.78, 5) is 21.8. The van der Waals surface area contributed by atoms with Crippen LogP contribution in [0.25, 0.3) is 0 Å². The van der Waals surface area contributed by atoms with Crippen molar-refractivity contribution in [2.45, 2.75) is 39.5 Å². The first-order valence-corrected chi connectivity index (χ1v) is 10.6. The Morgan fingerprint density at radius 2 is 1.96 bits per heavy atom. The zero-order valence-corrected chi connectivity index (χ0v) is 17.4. The van der Waals surface area contributed by atoms with Crippen molar-refractivity contribution in [3.63, 3.8) is 0 Å². The number of nitrogens with zero attached hydrogens (tertiary/aromatic N) is 3. The molecule has 7 nitrogen and oxygen atoms in total. The van der Waals surface area contributed by atoms with E-state index in [1.165, 1.54) is 12.8 Å². The number of carbonyl (C=O) groups is 1. The van der Waals surface area contributed by atoms with Crippen molar-refractivity contribution < 1.29 is 14.3 Å². The van der Waals surface area contributed by atoms with E-state index in [2.05, 4.69) is 22.0 Å². The van der Waals surface area contributed by atoms with Crippen molar-refractivity contribution in [1.29, 1.82) is 0 Å². The molecule has 0 aromatic carbocycles. The van der Waals surface area contributed by atoms with E-state index in [1.54, 1.807) is 7.11 Å². The summed E-state index contributed by atoms with van der Waals surface area (Å²) in [5.41, 5.74) is 0. The fraction of sp³-hybridized carbons (Fsp3) is 0.900. The normalized spacial score (nSPS) is 22.7. The van der Waals surface area contributed by atoms with E-state index in [0.29, 0.717) is 19.1 Å². The second-order valence-corrected chi connectivity index (χ2v) is 7.51. The highest BCUT2D eigenvalue weighted by atomic mass is 16.5. The monoisotopic (exact) mass is 382 g/mol. The number of hydrogen-bond acceptors (Lipinski definition) is 5. The standard InChI is InChI=1S/C20H38N4O3/c1-4-21-20(24-10-6-7-18(16-24)19(25)27-5-2)22-15-17-8-11-23(12-9-17)13-14-26-3/h17-18H,4-16H2,1-3H3,(H,21,22). The van der Waals surface area contributed by atoms with E-state index in [0.717, 1.165) is 64.7 Å². The minimum absolute atomic E-state index is 0.0356. The molecule has 1 unspecified atom stereocenters. The molecule has 0 saturated carbocycles. The number of guanidine groups is 1. The molecule has 27 heavy (non-hydrogen) atoms. The van der Waals surface area contributed by atoms with Gasteiger partial charge in [0, 0.05) is 39.8 Å². The van der Waals surface area contributed by atoms with Crippen molar-refractivity contribution in [1.82, 2.24) is 15.1 Å². The van der Waals surface area contributed by atoms with Crippen LogP contribution in [-0.2, 0) is 14.3 Å². The molecule has 2 heterocycles. The van der Waals surface area contributed by atoms with Crippen molar-refractivity contribution in [3.8, 4) is 0 Å². The molecule has 0 amide bonds. The molecule has 0 aliphatic carbocycles. The van der Waals surface area contributed by atoms with Crippen molar-refractivity contribution in [2.24, 2.45) is 16.8 Å². The number of likely N-dealkylation sites (tertiary alicyclic amines) is 2. The van der Waals surface area contributed by atoms with Gasteiger partial charge in [0.2, 0.25) is 0 Å². The maximum Gasteiger partial charge on any atom is 0.310 e. The van der Waals surface area contributed by atoms with Gasteiger partial charge in [0.05, 0.1) is 19.1 Å². The summed E-state index contributed by atoms with van der Waals surface area (Å²) < 4.78 is 10.4. The second-order valence-electron chi connectivity index (χ2n) is 7.51. The number of nitrogens with one attached hydrogen (secondary N) is 1. The van der Waals surface area contributed by atoms with E-state index in [1.807, 2.05) is 6.92 Å². The number of ether oxygens (including phenoxy) is 2. The Morgan fingerprint density at radius 1 is 1.19 bits per heavy atom. The lowest BCUT2D eigenvalue weighted by atomic mass is 9.97. The van der Waals surface area contributed by atoms with Gasteiger partial charge in [-0.2, -0.15) is 0 Å². The summed E-state index contributed by atoms with van der Waals surface area (Å²) in [6.07, 6.45) is 4.30. The molecule has 2 saturated heterocycles. The quantitative estimate of drug-likeness (QED) is 0.391. The molecule has 0 aromatic heterocycles. The molecule has 0 spiro atoms. The van der Waals surface area contributed by atoms with Gasteiger partial charge in [0.25, 0.3) is 0 Å². The molecule has 1 atom stereocenters. The largest absolute Gasteiger partial charge is 0.466 e. The fourth-order valence-corrected chi connectivity index (χ4v) is 3.88. The Morgan fingerprint density at radius 3 is 2.63 bits per heavy atom. The maximum absolute atomic E-state index is 12.1. The summed E-state index contributed by atoms with van der Waals surface area (Å²) in [6.45, 7) is 11.9. The molecule has 156 valence electrons. The number of aliphatic imine (C=N–C) groups is 1. The SMILES string of the molecule is CCNC(=NCC1CCN(CCOC)CC1)N1CCCC(C(=O)OCC)C1. The van der Waals surface area contributed by atoms with Crippen molar-refractivity contribution >= 4 is 11.9 Å². The summed E-state index contributed by atoms with van der Waals surface area (Å²) in [5, 5.41) is 3.42. The Hall–Kier alpha value is -1.34. The van der Waals surface area contributed by atoms with Crippen LogP contribution in [-0.4, -0.2) is 87.9 Å². The van der Waals surface area contributed by atoms with Crippen LogP contribution in [0.5, 0.6) is 0 Å². The predicted molar refractivity (Wildman–Crippen MR) is 108 cm³/mol. The molecule has 0 bridgehead atoms. The highest BCUT2D eigenvalue weighted by Gasteiger charge is 2.28. The highest BCUT2D eigenvalue weighted by Crippen LogP contribution is 2.20. The Bertz CT molecular complexity index is 464. The van der Waals surface area contributed by atoms with E-state index in [4.69, 9.17) is 14.5 Å². The maximum atomic E-state index is 12.1. The number of carbonyl (C=O) groups excluding carboxylic acids is 1. The smallest absolute Gasteiger partial charge is 0.310 e. The molecule has 1 N–H and O–H groups in total. The predicted octanol–water partition coefficient (Wildman–Crippen LogP) is 1.59. The average molecular weight is 383 g/mol. The lowest BCUT2D eigenvalue weighted by molar-refractivity contribution is -0.149. The summed E-state index contributed by atoms with van der Waals surface area (Å²) in [5.74, 6) is 1.49. The molecule has 0 aromatic rings. The molecule has 2 rings (SSSR count). The number of piperidine rings is 2. The van der Waals surface area contributed by atoms with Gasteiger partial charge >= 0.3 is 5.97 Å². The van der Waals surface area contributed by atoms with Crippen LogP contribution in [0, 0.1) is 11.8 Å². The third kappa shape index (κ3) is 7.30. The Kier molecular flexibility index (Phi) is 9.91. The topological polar surface area (TPSA) is 66.4 Å². The number of rotatable bonds is 8. The zero-order chi connectivity index (χ0) is 19.5. The summed E-state index contributed by atoms with van der Waals surface area (Å²) >= 11 is 0. The molecule has 2 aliphatic heterocycles. The minimum atomic E-state index is -0.0681. The Balaban J connectivity index is 1.85. The van der Waals surface area contributed by atoms with Crippen molar-refractivity contribution in [2.75, 3.05) is 66.1 Å². The average Bonchev–Trinajstić information content (AvgIpc) is 2.70. The first-order chi connectivity index (χ1) is 13.2. The minimum Gasteiger partial charge on any atom is -0.466 e. The third-order valence-electron chi connectivity index (χ3n) is 5.49. The van der Waals surface area contributed by atoms with Gasteiger partial charge in [-0.15, -0.1) is 0 Å². The van der Waals surface area contributed by atoms with Crippen LogP contribution in [0.4, 0.5) is 0 Å². The van der Waals surface area contributed by atoms with Crippen LogP contribution in [0.15, 0.2) is 4.99 Å². The zero-order valence-electron chi connectivity index (χ0n) is 17.4. The van der Waals surface area contributed by atoms with Crippen LogP contribution in [0.2, 0.25) is 0 Å². The van der Waals surface area contributed by atoms with Gasteiger partial charge < -0.3 is 24.6 Å². The van der Waals surface area contributed by atoms with E-state index in [-0.39, 0.29) is 11.9 Å². The molecular weight excluding hydrogens is 344 g/mol. The van der Waals surface area contributed by atoms with Crippen LogP contribution < -0.4 is 5.32 Å².